The highest BCUT2D eigenvalue weighted by atomic mass is 32.1. The Bertz CT molecular complexity index is 920. The summed E-state index contributed by atoms with van der Waals surface area (Å²) in [5, 5.41) is 9.71. The van der Waals surface area contributed by atoms with Gasteiger partial charge in [0.05, 0.1) is 24.8 Å². The average molecular weight is 444 g/mol. The molecule has 1 fully saturated rings. The Morgan fingerprint density at radius 2 is 2.00 bits per heavy atom. The van der Waals surface area contributed by atoms with Crippen molar-refractivity contribution in [1.29, 1.82) is 0 Å². The van der Waals surface area contributed by atoms with Crippen LogP contribution in [0.25, 0.3) is 0 Å². The number of rotatable bonds is 9. The van der Waals surface area contributed by atoms with Gasteiger partial charge in [0.2, 0.25) is 5.91 Å². The summed E-state index contributed by atoms with van der Waals surface area (Å²) >= 11 is 1.52. The summed E-state index contributed by atoms with van der Waals surface area (Å²) in [6.45, 7) is 4.19. The van der Waals surface area contributed by atoms with E-state index in [1.165, 1.54) is 16.2 Å². The van der Waals surface area contributed by atoms with Gasteiger partial charge in [0.25, 0.3) is 5.91 Å². The Balaban J connectivity index is 1.40. The predicted molar refractivity (Wildman–Crippen MR) is 122 cm³/mol. The Morgan fingerprint density at radius 1 is 1.16 bits per heavy atom. The number of benzene rings is 1. The smallest absolute Gasteiger partial charge is 0.258 e. The van der Waals surface area contributed by atoms with Gasteiger partial charge in [0, 0.05) is 23.7 Å². The van der Waals surface area contributed by atoms with Crippen molar-refractivity contribution in [3.63, 3.8) is 0 Å². The molecule has 2 amide bonds. The van der Waals surface area contributed by atoms with E-state index < -0.39 is 0 Å². The van der Waals surface area contributed by atoms with Crippen molar-refractivity contribution in [2.75, 3.05) is 36.9 Å². The monoisotopic (exact) mass is 443 g/mol. The average Bonchev–Trinajstić information content (AvgIpc) is 3.47. The third-order valence-electron chi connectivity index (χ3n) is 5.51. The van der Waals surface area contributed by atoms with E-state index in [2.05, 4.69) is 16.0 Å². The van der Waals surface area contributed by atoms with E-state index in [9.17, 15) is 9.59 Å². The second-order valence-corrected chi connectivity index (χ2v) is 8.89. The van der Waals surface area contributed by atoms with E-state index in [0.29, 0.717) is 29.4 Å². The molecule has 0 saturated carbocycles. The zero-order valence-electron chi connectivity index (χ0n) is 17.8. The maximum absolute atomic E-state index is 13.1. The fourth-order valence-electron chi connectivity index (χ4n) is 4.05. The summed E-state index contributed by atoms with van der Waals surface area (Å²) in [5.74, 6) is 0.430. The molecule has 0 bridgehead atoms. The minimum absolute atomic E-state index is 0.145. The number of nitrogens with one attached hydrogen (secondary N) is 3. The number of carbonyl (C=O) groups excluding carboxylic acids is 2. The number of aryl methyl sites for hydroxylation is 1. The highest BCUT2D eigenvalue weighted by Crippen LogP contribution is 2.39. The van der Waals surface area contributed by atoms with Crippen LogP contribution in [0.5, 0.6) is 5.75 Å². The molecule has 8 heteroatoms. The Hall–Kier alpha value is -2.42. The lowest BCUT2D eigenvalue weighted by Crippen LogP contribution is -2.33. The van der Waals surface area contributed by atoms with E-state index in [1.54, 1.807) is 0 Å². The van der Waals surface area contributed by atoms with Crippen LogP contribution in [0.4, 0.5) is 10.7 Å². The van der Waals surface area contributed by atoms with Crippen molar-refractivity contribution < 1.29 is 19.1 Å². The second kappa shape index (κ2) is 10.3. The van der Waals surface area contributed by atoms with Crippen molar-refractivity contribution in [3.05, 3.63) is 40.3 Å². The molecule has 4 rings (SSSR count). The lowest BCUT2D eigenvalue weighted by Gasteiger charge is -2.12. The van der Waals surface area contributed by atoms with Crippen molar-refractivity contribution >= 4 is 33.8 Å². The van der Waals surface area contributed by atoms with Crippen LogP contribution < -0.4 is 20.7 Å². The van der Waals surface area contributed by atoms with Gasteiger partial charge in [-0.25, -0.2) is 0 Å². The standard InChI is InChI=1S/C23H29N3O4S/c1-2-29-16-10-8-15(9-11-16)25-22(28)21-18-6-3-7-19(18)31-23(21)26-20(27)14-24-13-17-5-4-12-30-17/h8-11,17,24H,2-7,12-14H2,1H3,(H,25,28)(H,26,27)/t17-/m1/s1. The molecule has 2 heterocycles. The van der Waals surface area contributed by atoms with E-state index >= 15 is 0 Å². The zero-order chi connectivity index (χ0) is 21.6. The molecule has 31 heavy (non-hydrogen) atoms. The third kappa shape index (κ3) is 5.44. The molecule has 0 unspecified atom stereocenters. The predicted octanol–water partition coefficient (Wildman–Crippen LogP) is 3.59. The summed E-state index contributed by atoms with van der Waals surface area (Å²) in [4.78, 5) is 26.8. The summed E-state index contributed by atoms with van der Waals surface area (Å²) in [6.07, 6.45) is 5.16. The Labute approximate surface area is 186 Å². The van der Waals surface area contributed by atoms with Crippen LogP contribution in [-0.4, -0.2) is 44.2 Å². The topological polar surface area (TPSA) is 88.7 Å². The Kier molecular flexibility index (Phi) is 7.21. The number of hydrogen-bond donors (Lipinski definition) is 3. The molecule has 0 radical (unpaired) electrons. The van der Waals surface area contributed by atoms with E-state index in [4.69, 9.17) is 9.47 Å². The maximum atomic E-state index is 13.1. The second-order valence-electron chi connectivity index (χ2n) is 7.79. The van der Waals surface area contributed by atoms with Gasteiger partial charge in [0.15, 0.2) is 0 Å². The van der Waals surface area contributed by atoms with Crippen LogP contribution in [0.3, 0.4) is 0 Å². The lowest BCUT2D eigenvalue weighted by atomic mass is 10.1. The van der Waals surface area contributed by atoms with Gasteiger partial charge in [-0.1, -0.05) is 0 Å². The van der Waals surface area contributed by atoms with Gasteiger partial charge in [-0.3, -0.25) is 9.59 Å². The van der Waals surface area contributed by atoms with Crippen LogP contribution >= 0.6 is 11.3 Å². The first-order valence-corrected chi connectivity index (χ1v) is 11.8. The largest absolute Gasteiger partial charge is 0.494 e. The fourth-order valence-corrected chi connectivity index (χ4v) is 5.35. The number of ether oxygens (including phenoxy) is 2. The van der Waals surface area contributed by atoms with Gasteiger partial charge in [-0.2, -0.15) is 0 Å². The van der Waals surface area contributed by atoms with E-state index in [1.807, 2.05) is 31.2 Å². The number of hydrogen-bond acceptors (Lipinski definition) is 6. The van der Waals surface area contributed by atoms with Gasteiger partial charge in [-0.05, 0) is 68.9 Å². The van der Waals surface area contributed by atoms with Crippen molar-refractivity contribution in [3.8, 4) is 5.75 Å². The number of anilines is 2. The highest BCUT2D eigenvalue weighted by Gasteiger charge is 2.27. The maximum Gasteiger partial charge on any atom is 0.258 e. The van der Waals surface area contributed by atoms with Gasteiger partial charge < -0.3 is 25.4 Å². The summed E-state index contributed by atoms with van der Waals surface area (Å²) in [6, 6.07) is 7.31. The van der Waals surface area contributed by atoms with Crippen LogP contribution in [0, 0.1) is 0 Å². The molecule has 3 N–H and O–H groups in total. The summed E-state index contributed by atoms with van der Waals surface area (Å²) < 4.78 is 11.0. The molecule has 1 aromatic carbocycles. The first-order chi connectivity index (χ1) is 15.1. The van der Waals surface area contributed by atoms with Crippen LogP contribution in [0.2, 0.25) is 0 Å². The summed E-state index contributed by atoms with van der Waals surface area (Å²) in [7, 11) is 0. The molecule has 166 valence electrons. The molecule has 1 aromatic heterocycles. The molecule has 7 nitrogen and oxygen atoms in total. The molecular formula is C23H29N3O4S. The minimum Gasteiger partial charge on any atom is -0.494 e. The highest BCUT2D eigenvalue weighted by molar-refractivity contribution is 7.17. The number of carbonyl (C=O) groups is 2. The van der Waals surface area contributed by atoms with Gasteiger partial charge >= 0.3 is 0 Å². The fraction of sp³-hybridized carbons (Fsp3) is 0.478. The van der Waals surface area contributed by atoms with Crippen LogP contribution in [-0.2, 0) is 22.4 Å². The van der Waals surface area contributed by atoms with Crippen LogP contribution in [0.15, 0.2) is 24.3 Å². The number of fused-ring (bicyclic) bond motifs is 1. The van der Waals surface area contributed by atoms with Crippen molar-refractivity contribution in [1.82, 2.24) is 5.32 Å². The van der Waals surface area contributed by atoms with Gasteiger partial charge in [-0.15, -0.1) is 11.3 Å². The van der Waals surface area contributed by atoms with E-state index in [-0.39, 0.29) is 24.5 Å². The van der Waals surface area contributed by atoms with Gasteiger partial charge in [0.1, 0.15) is 10.8 Å². The minimum atomic E-state index is -0.189. The first kappa shape index (κ1) is 21.8. The molecule has 1 aliphatic heterocycles. The molecule has 2 aliphatic rings. The van der Waals surface area contributed by atoms with Crippen molar-refractivity contribution in [2.24, 2.45) is 0 Å². The first-order valence-electron chi connectivity index (χ1n) is 10.9. The van der Waals surface area contributed by atoms with Crippen molar-refractivity contribution in [2.45, 2.75) is 45.1 Å². The molecule has 1 atom stereocenters. The normalized spacial score (nSPS) is 17.4. The molecule has 0 spiro atoms. The lowest BCUT2D eigenvalue weighted by molar-refractivity contribution is -0.115. The summed E-state index contributed by atoms with van der Waals surface area (Å²) in [5.41, 5.74) is 2.36. The molecule has 1 saturated heterocycles. The quantitative estimate of drug-likeness (QED) is 0.551. The van der Waals surface area contributed by atoms with Crippen LogP contribution in [0.1, 0.15) is 47.0 Å². The SMILES string of the molecule is CCOc1ccc(NC(=O)c2c(NC(=O)CNC[C@H]3CCCO3)sc3c2CCC3)cc1. The Morgan fingerprint density at radius 3 is 2.74 bits per heavy atom. The zero-order valence-corrected chi connectivity index (χ0v) is 18.6. The van der Waals surface area contributed by atoms with E-state index in [0.717, 1.165) is 50.0 Å². The number of amides is 2. The number of thiophene rings is 1. The molecular weight excluding hydrogens is 414 g/mol. The molecule has 1 aliphatic carbocycles. The molecule has 2 aromatic rings. The third-order valence-corrected chi connectivity index (χ3v) is 6.71.